The lowest BCUT2D eigenvalue weighted by atomic mass is 10.2. The van der Waals surface area contributed by atoms with Gasteiger partial charge in [-0.2, -0.15) is 0 Å². The summed E-state index contributed by atoms with van der Waals surface area (Å²) >= 11 is 0. The molecule has 2 aliphatic heterocycles. The van der Waals surface area contributed by atoms with Crippen molar-refractivity contribution in [3.63, 3.8) is 0 Å². The Kier molecular flexibility index (Phi) is 2.48. The summed E-state index contributed by atoms with van der Waals surface area (Å²) in [5, 5.41) is 1.33. The summed E-state index contributed by atoms with van der Waals surface area (Å²) in [4.78, 5) is 16.4. The zero-order chi connectivity index (χ0) is 9.26. The second kappa shape index (κ2) is 3.61. The normalized spacial score (nSPS) is 34.5. The Balaban J connectivity index is 1.84. The van der Waals surface area contributed by atoms with E-state index in [1.807, 2.05) is 0 Å². The van der Waals surface area contributed by atoms with Crippen molar-refractivity contribution in [2.24, 2.45) is 5.73 Å². The highest BCUT2D eigenvalue weighted by molar-refractivity contribution is 5.82. The van der Waals surface area contributed by atoms with Gasteiger partial charge in [-0.3, -0.25) is 9.63 Å². The Morgan fingerprint density at radius 3 is 3.00 bits per heavy atom. The number of carbonyl (C=O) groups is 1. The van der Waals surface area contributed by atoms with E-state index in [0.29, 0.717) is 13.2 Å². The van der Waals surface area contributed by atoms with Gasteiger partial charge >= 0.3 is 0 Å². The van der Waals surface area contributed by atoms with Crippen LogP contribution in [0.5, 0.6) is 0 Å². The summed E-state index contributed by atoms with van der Waals surface area (Å²) in [6, 6.07) is -0.485. The van der Waals surface area contributed by atoms with Crippen molar-refractivity contribution in [3.05, 3.63) is 0 Å². The van der Waals surface area contributed by atoms with Crippen LogP contribution in [0.1, 0.15) is 12.8 Å². The van der Waals surface area contributed by atoms with Crippen molar-refractivity contribution in [2.45, 2.75) is 25.0 Å². The van der Waals surface area contributed by atoms with Crippen LogP contribution in [0.4, 0.5) is 0 Å². The molecular weight excluding hydrogens is 172 g/mol. The fourth-order valence-corrected chi connectivity index (χ4v) is 1.61. The highest BCUT2D eigenvalue weighted by Crippen LogP contribution is 2.16. The fourth-order valence-electron chi connectivity index (χ4n) is 1.61. The summed E-state index contributed by atoms with van der Waals surface area (Å²) in [6.07, 6.45) is 2.20. The molecule has 74 valence electrons. The molecule has 0 spiro atoms. The third kappa shape index (κ3) is 1.82. The minimum absolute atomic E-state index is 0.129. The Bertz CT molecular complexity index is 204. The van der Waals surface area contributed by atoms with Crippen LogP contribution < -0.4 is 5.73 Å². The second-order valence-corrected chi connectivity index (χ2v) is 3.44. The van der Waals surface area contributed by atoms with Gasteiger partial charge < -0.3 is 10.5 Å². The van der Waals surface area contributed by atoms with Gasteiger partial charge in [-0.15, -0.1) is 0 Å². The number of hydroxylamine groups is 2. The van der Waals surface area contributed by atoms with E-state index in [0.717, 1.165) is 19.4 Å². The summed E-state index contributed by atoms with van der Waals surface area (Å²) in [7, 11) is 0. The smallest absolute Gasteiger partial charge is 0.265 e. The molecule has 0 aromatic rings. The lowest BCUT2D eigenvalue weighted by Gasteiger charge is -2.17. The predicted molar refractivity (Wildman–Crippen MR) is 44.6 cm³/mol. The van der Waals surface area contributed by atoms with Gasteiger partial charge in [0.15, 0.2) is 0 Å². The first-order valence-electron chi connectivity index (χ1n) is 4.59. The van der Waals surface area contributed by atoms with E-state index >= 15 is 0 Å². The maximum Gasteiger partial charge on any atom is 0.265 e. The number of nitrogens with two attached hydrogens (primary N) is 1. The molecule has 13 heavy (non-hydrogen) atoms. The van der Waals surface area contributed by atoms with Gasteiger partial charge in [-0.25, -0.2) is 5.06 Å². The summed E-state index contributed by atoms with van der Waals surface area (Å²) in [6.45, 7) is 1.61. The summed E-state index contributed by atoms with van der Waals surface area (Å²) in [5.41, 5.74) is 5.49. The zero-order valence-electron chi connectivity index (χ0n) is 7.44. The molecule has 5 heteroatoms. The molecule has 0 aliphatic carbocycles. The third-order valence-electron chi connectivity index (χ3n) is 2.37. The molecule has 2 rings (SSSR count). The molecular formula is C8H14N2O3. The molecule has 2 aliphatic rings. The molecule has 2 atom stereocenters. The average Bonchev–Trinajstić information content (AvgIpc) is 2.71. The lowest BCUT2D eigenvalue weighted by Crippen LogP contribution is -2.38. The number of carbonyl (C=O) groups excluding carboxylic acids is 1. The third-order valence-corrected chi connectivity index (χ3v) is 2.37. The van der Waals surface area contributed by atoms with Crippen LogP contribution in [0.25, 0.3) is 0 Å². The molecule has 2 fully saturated rings. The standard InChI is InChI=1S/C8H14N2O3/c9-7-5-13-10(8(7)11)4-6-2-1-3-12-6/h6-7H,1-5,9H2. The van der Waals surface area contributed by atoms with Gasteiger partial charge in [-0.05, 0) is 12.8 Å². The van der Waals surface area contributed by atoms with Gasteiger partial charge in [0.1, 0.15) is 6.04 Å². The molecule has 2 N–H and O–H groups in total. The Morgan fingerprint density at radius 2 is 2.46 bits per heavy atom. The summed E-state index contributed by atoms with van der Waals surface area (Å²) in [5.74, 6) is -0.129. The zero-order valence-corrected chi connectivity index (χ0v) is 7.44. The molecule has 0 aromatic heterocycles. The second-order valence-electron chi connectivity index (χ2n) is 3.44. The number of hydrogen-bond donors (Lipinski definition) is 1. The minimum atomic E-state index is -0.485. The quantitative estimate of drug-likeness (QED) is 0.617. The molecule has 0 radical (unpaired) electrons. The maximum absolute atomic E-state index is 11.3. The van der Waals surface area contributed by atoms with E-state index in [1.165, 1.54) is 5.06 Å². The SMILES string of the molecule is NC1CON(CC2CCCO2)C1=O. The van der Waals surface area contributed by atoms with Crippen molar-refractivity contribution in [2.75, 3.05) is 19.8 Å². The first-order chi connectivity index (χ1) is 6.27. The van der Waals surface area contributed by atoms with Crippen molar-refractivity contribution >= 4 is 5.91 Å². The van der Waals surface area contributed by atoms with Crippen molar-refractivity contribution in [3.8, 4) is 0 Å². The Hall–Kier alpha value is -0.650. The largest absolute Gasteiger partial charge is 0.376 e. The number of amides is 1. The van der Waals surface area contributed by atoms with Crippen LogP contribution in [-0.4, -0.2) is 42.9 Å². The highest BCUT2D eigenvalue weighted by Gasteiger charge is 2.32. The van der Waals surface area contributed by atoms with Gasteiger partial charge in [0.05, 0.1) is 19.3 Å². The highest BCUT2D eigenvalue weighted by atomic mass is 16.7. The average molecular weight is 186 g/mol. The Labute approximate surface area is 76.7 Å². The predicted octanol–water partition coefficient (Wildman–Crippen LogP) is -0.734. The molecule has 2 heterocycles. The van der Waals surface area contributed by atoms with Crippen LogP contribution in [0.2, 0.25) is 0 Å². The van der Waals surface area contributed by atoms with E-state index in [2.05, 4.69) is 0 Å². The van der Waals surface area contributed by atoms with Crippen LogP contribution in [0, 0.1) is 0 Å². The van der Waals surface area contributed by atoms with Crippen molar-refractivity contribution in [1.82, 2.24) is 5.06 Å². The van der Waals surface area contributed by atoms with Gasteiger partial charge in [0.25, 0.3) is 5.91 Å². The van der Waals surface area contributed by atoms with Gasteiger partial charge in [0.2, 0.25) is 0 Å². The maximum atomic E-state index is 11.3. The lowest BCUT2D eigenvalue weighted by molar-refractivity contribution is -0.168. The van der Waals surface area contributed by atoms with E-state index < -0.39 is 6.04 Å². The molecule has 0 aromatic carbocycles. The van der Waals surface area contributed by atoms with Crippen LogP contribution >= 0.6 is 0 Å². The first kappa shape index (κ1) is 8.93. The van der Waals surface area contributed by atoms with Gasteiger partial charge in [-0.1, -0.05) is 0 Å². The van der Waals surface area contributed by atoms with Gasteiger partial charge in [0, 0.05) is 6.61 Å². The van der Waals surface area contributed by atoms with E-state index in [4.69, 9.17) is 15.3 Å². The first-order valence-corrected chi connectivity index (χ1v) is 4.59. The van der Waals surface area contributed by atoms with E-state index in [1.54, 1.807) is 0 Å². The Morgan fingerprint density at radius 1 is 1.62 bits per heavy atom. The summed E-state index contributed by atoms with van der Waals surface area (Å²) < 4.78 is 5.38. The van der Waals surface area contributed by atoms with Crippen molar-refractivity contribution < 1.29 is 14.4 Å². The van der Waals surface area contributed by atoms with Crippen LogP contribution in [-0.2, 0) is 14.4 Å². The molecule has 2 saturated heterocycles. The van der Waals surface area contributed by atoms with E-state index in [-0.39, 0.29) is 12.0 Å². The minimum Gasteiger partial charge on any atom is -0.376 e. The topological polar surface area (TPSA) is 64.8 Å². The monoisotopic (exact) mass is 186 g/mol. The molecule has 2 unspecified atom stereocenters. The number of ether oxygens (including phenoxy) is 1. The van der Waals surface area contributed by atoms with Crippen LogP contribution in [0.3, 0.4) is 0 Å². The number of rotatable bonds is 2. The van der Waals surface area contributed by atoms with E-state index in [9.17, 15) is 4.79 Å². The number of hydrogen-bond acceptors (Lipinski definition) is 4. The molecule has 0 bridgehead atoms. The molecule has 5 nitrogen and oxygen atoms in total. The van der Waals surface area contributed by atoms with Crippen molar-refractivity contribution in [1.29, 1.82) is 0 Å². The fraction of sp³-hybridized carbons (Fsp3) is 0.875. The van der Waals surface area contributed by atoms with Crippen LogP contribution in [0.15, 0.2) is 0 Å². The number of nitrogens with zero attached hydrogens (tertiary/aromatic N) is 1. The molecule has 0 saturated carbocycles. The molecule has 1 amide bonds.